The van der Waals surface area contributed by atoms with Crippen molar-refractivity contribution in [2.45, 2.75) is 50.6 Å². The first-order valence-electron chi connectivity index (χ1n) is 10.6. The molecule has 3 aliphatic rings. The number of para-hydroxylation sites is 1. The fourth-order valence-corrected chi connectivity index (χ4v) is 4.64. The normalized spacial score (nSPS) is 23.4. The van der Waals surface area contributed by atoms with Gasteiger partial charge in [0.15, 0.2) is 11.5 Å². The van der Waals surface area contributed by atoms with Crippen molar-refractivity contribution in [3.63, 3.8) is 0 Å². The number of likely N-dealkylation sites (tertiary alicyclic amines) is 1. The Kier molecular flexibility index (Phi) is 4.62. The zero-order valence-corrected chi connectivity index (χ0v) is 17.6. The Hall–Kier alpha value is -2.73. The van der Waals surface area contributed by atoms with E-state index < -0.39 is 0 Å². The summed E-state index contributed by atoms with van der Waals surface area (Å²) in [5, 5.41) is 0. The predicted octanol–water partition coefficient (Wildman–Crippen LogP) is 3.99. The number of piperidine rings is 1. The minimum atomic E-state index is -0.331. The lowest BCUT2D eigenvalue weighted by atomic mass is 9.83. The third-order valence-electron chi connectivity index (χ3n) is 6.22. The molecule has 2 aromatic carbocycles. The van der Waals surface area contributed by atoms with Gasteiger partial charge >= 0.3 is 0 Å². The number of carbonyl (C=O) groups is 1. The van der Waals surface area contributed by atoms with Crippen LogP contribution in [0.4, 0.5) is 0 Å². The minimum Gasteiger partial charge on any atom is -0.493 e. The molecular weight excluding hydrogens is 382 g/mol. The van der Waals surface area contributed by atoms with Crippen molar-refractivity contribution in [2.24, 2.45) is 0 Å². The largest absolute Gasteiger partial charge is 0.493 e. The average Bonchev–Trinajstić information content (AvgIpc) is 3.56. The Labute approximate surface area is 176 Å². The summed E-state index contributed by atoms with van der Waals surface area (Å²) in [4.78, 5) is 15.0. The molecule has 0 saturated carbocycles. The topological polar surface area (TPSA) is 60.5 Å². The number of ether oxygens (including phenoxy) is 4. The van der Waals surface area contributed by atoms with E-state index in [1.54, 1.807) is 25.3 Å². The van der Waals surface area contributed by atoms with Crippen LogP contribution in [0, 0.1) is 0 Å². The molecule has 2 atom stereocenters. The highest BCUT2D eigenvalue weighted by molar-refractivity contribution is 5.95. The van der Waals surface area contributed by atoms with Gasteiger partial charge in [-0.25, -0.2) is 0 Å². The molecular formula is C24H27NO5. The number of fused-ring (bicyclic) bond motifs is 4. The molecule has 0 aliphatic carbocycles. The van der Waals surface area contributed by atoms with Gasteiger partial charge in [-0.3, -0.25) is 4.79 Å². The molecule has 2 unspecified atom stereocenters. The van der Waals surface area contributed by atoms with Gasteiger partial charge < -0.3 is 23.8 Å². The van der Waals surface area contributed by atoms with Gasteiger partial charge in [-0.15, -0.1) is 0 Å². The molecule has 5 rings (SSSR count). The van der Waals surface area contributed by atoms with Crippen molar-refractivity contribution in [3.8, 4) is 17.2 Å². The maximum absolute atomic E-state index is 13.1. The number of nitrogens with zero attached hydrogens (tertiary/aromatic N) is 1. The first-order chi connectivity index (χ1) is 14.5. The molecule has 1 spiro atoms. The molecule has 0 aromatic heterocycles. The lowest BCUT2D eigenvalue weighted by Crippen LogP contribution is -2.54. The standard InChI is InChI=1S/C24H27NO5/c1-15(2)28-19-9-8-16(14-20(19)27-3)23(26)25-12-10-24(11-13-25)22-21(29-22)17-6-4-5-7-18(17)30-24/h4-9,14-15,21-22H,10-13H2,1-3H3. The molecule has 0 bridgehead atoms. The highest BCUT2D eigenvalue weighted by atomic mass is 16.6. The van der Waals surface area contributed by atoms with Crippen LogP contribution in [0.15, 0.2) is 42.5 Å². The number of hydrogen-bond donors (Lipinski definition) is 0. The van der Waals surface area contributed by atoms with E-state index in [2.05, 4.69) is 6.07 Å². The fraction of sp³-hybridized carbons (Fsp3) is 0.458. The van der Waals surface area contributed by atoms with Crippen molar-refractivity contribution in [1.82, 2.24) is 4.90 Å². The van der Waals surface area contributed by atoms with Crippen molar-refractivity contribution in [2.75, 3.05) is 20.2 Å². The lowest BCUT2D eigenvalue weighted by Gasteiger charge is -2.43. The van der Waals surface area contributed by atoms with E-state index in [9.17, 15) is 4.79 Å². The van der Waals surface area contributed by atoms with Crippen LogP contribution in [0.5, 0.6) is 17.2 Å². The van der Waals surface area contributed by atoms with Crippen LogP contribution >= 0.6 is 0 Å². The van der Waals surface area contributed by atoms with Crippen LogP contribution in [0.3, 0.4) is 0 Å². The van der Waals surface area contributed by atoms with Crippen LogP contribution in [-0.4, -0.2) is 48.8 Å². The highest BCUT2D eigenvalue weighted by Crippen LogP contribution is 2.56. The highest BCUT2D eigenvalue weighted by Gasteiger charge is 2.61. The van der Waals surface area contributed by atoms with Crippen molar-refractivity contribution >= 4 is 5.91 Å². The number of amides is 1. The summed E-state index contributed by atoms with van der Waals surface area (Å²) in [5.41, 5.74) is 1.42. The van der Waals surface area contributed by atoms with Crippen LogP contribution in [0.2, 0.25) is 0 Å². The van der Waals surface area contributed by atoms with E-state index in [0.717, 1.165) is 24.2 Å². The van der Waals surface area contributed by atoms with Crippen LogP contribution in [-0.2, 0) is 4.74 Å². The maximum Gasteiger partial charge on any atom is 0.253 e. The Morgan fingerprint density at radius 1 is 1.13 bits per heavy atom. The first kappa shape index (κ1) is 19.2. The number of rotatable bonds is 4. The SMILES string of the molecule is COc1cc(C(=O)N2CCC3(CC2)Oc2ccccc2C2OC23)ccc1OC(C)C. The van der Waals surface area contributed by atoms with Gasteiger partial charge in [0.05, 0.1) is 13.2 Å². The van der Waals surface area contributed by atoms with Crippen LogP contribution < -0.4 is 14.2 Å². The molecule has 6 heteroatoms. The molecule has 1 amide bonds. The molecule has 0 radical (unpaired) electrons. The summed E-state index contributed by atoms with van der Waals surface area (Å²) in [6.45, 7) is 5.20. The minimum absolute atomic E-state index is 0.00345. The average molecular weight is 409 g/mol. The second-order valence-corrected chi connectivity index (χ2v) is 8.51. The summed E-state index contributed by atoms with van der Waals surface area (Å²) in [6.07, 6.45) is 1.79. The molecule has 3 aliphatic heterocycles. The predicted molar refractivity (Wildman–Crippen MR) is 111 cm³/mol. The Morgan fingerprint density at radius 3 is 2.63 bits per heavy atom. The first-order valence-corrected chi connectivity index (χ1v) is 10.6. The molecule has 3 heterocycles. The molecule has 158 valence electrons. The van der Waals surface area contributed by atoms with Gasteiger partial charge in [-0.1, -0.05) is 18.2 Å². The number of epoxide rings is 1. The van der Waals surface area contributed by atoms with Crippen molar-refractivity contribution in [1.29, 1.82) is 0 Å². The number of carbonyl (C=O) groups excluding carboxylic acids is 1. The molecule has 0 N–H and O–H groups in total. The third kappa shape index (κ3) is 3.19. The summed E-state index contributed by atoms with van der Waals surface area (Å²) in [5.74, 6) is 2.14. The Balaban J connectivity index is 1.29. The molecule has 2 saturated heterocycles. The van der Waals surface area contributed by atoms with E-state index in [0.29, 0.717) is 30.2 Å². The zero-order chi connectivity index (χ0) is 20.9. The molecule has 30 heavy (non-hydrogen) atoms. The smallest absolute Gasteiger partial charge is 0.253 e. The molecule has 2 fully saturated rings. The van der Waals surface area contributed by atoms with E-state index in [1.165, 1.54) is 0 Å². The van der Waals surface area contributed by atoms with Crippen molar-refractivity contribution in [3.05, 3.63) is 53.6 Å². The summed E-state index contributed by atoms with van der Waals surface area (Å²) in [7, 11) is 1.59. The maximum atomic E-state index is 13.1. The van der Waals surface area contributed by atoms with Crippen LogP contribution in [0.1, 0.15) is 48.7 Å². The number of hydrogen-bond acceptors (Lipinski definition) is 5. The van der Waals surface area contributed by atoms with Gasteiger partial charge in [0.25, 0.3) is 5.91 Å². The fourth-order valence-electron chi connectivity index (χ4n) is 4.64. The second kappa shape index (κ2) is 7.20. The zero-order valence-electron chi connectivity index (χ0n) is 17.6. The van der Waals surface area contributed by atoms with Gasteiger partial charge in [0.2, 0.25) is 0 Å². The van der Waals surface area contributed by atoms with Gasteiger partial charge in [0, 0.05) is 37.1 Å². The summed E-state index contributed by atoms with van der Waals surface area (Å²) < 4.78 is 23.6. The molecule has 2 aromatic rings. The van der Waals surface area contributed by atoms with Gasteiger partial charge in [0.1, 0.15) is 23.6 Å². The summed E-state index contributed by atoms with van der Waals surface area (Å²) >= 11 is 0. The van der Waals surface area contributed by atoms with E-state index in [1.807, 2.05) is 36.9 Å². The molecule has 6 nitrogen and oxygen atoms in total. The Morgan fingerprint density at radius 2 is 1.90 bits per heavy atom. The van der Waals surface area contributed by atoms with E-state index >= 15 is 0 Å². The lowest BCUT2D eigenvalue weighted by molar-refractivity contribution is -0.0181. The number of methoxy groups -OCH3 is 1. The van der Waals surface area contributed by atoms with Crippen molar-refractivity contribution < 1.29 is 23.7 Å². The van der Waals surface area contributed by atoms with E-state index in [4.69, 9.17) is 18.9 Å². The van der Waals surface area contributed by atoms with E-state index in [-0.39, 0.29) is 29.8 Å². The third-order valence-corrected chi connectivity index (χ3v) is 6.22. The van der Waals surface area contributed by atoms with Gasteiger partial charge in [-0.2, -0.15) is 0 Å². The number of benzene rings is 2. The Bertz CT molecular complexity index is 964. The second-order valence-electron chi connectivity index (χ2n) is 8.51. The monoisotopic (exact) mass is 409 g/mol. The summed E-state index contributed by atoms with van der Waals surface area (Å²) in [6, 6.07) is 13.5. The van der Waals surface area contributed by atoms with Gasteiger partial charge in [-0.05, 0) is 38.1 Å². The van der Waals surface area contributed by atoms with Crippen LogP contribution in [0.25, 0.3) is 0 Å². The quantitative estimate of drug-likeness (QED) is 0.715.